The van der Waals surface area contributed by atoms with E-state index in [0.29, 0.717) is 5.75 Å². The third-order valence-corrected chi connectivity index (χ3v) is 4.24. The van der Waals surface area contributed by atoms with Gasteiger partial charge in [0, 0.05) is 0 Å². The lowest BCUT2D eigenvalue weighted by atomic mass is 10.1. The van der Waals surface area contributed by atoms with Crippen LogP contribution in [0.3, 0.4) is 0 Å². The average Bonchev–Trinajstić information content (AvgIpc) is 2.75. The van der Waals surface area contributed by atoms with Gasteiger partial charge in [0.05, 0.1) is 11.3 Å². The second kappa shape index (κ2) is 4.26. The highest BCUT2D eigenvalue weighted by Crippen LogP contribution is 2.21. The molecule has 0 fully saturated rings. The van der Waals surface area contributed by atoms with E-state index in [2.05, 4.69) is 34.6 Å². The molecule has 1 amide bonds. The van der Waals surface area contributed by atoms with Crippen LogP contribution in [0.5, 0.6) is 0 Å². The van der Waals surface area contributed by atoms with Crippen molar-refractivity contribution in [2.45, 2.75) is 0 Å². The van der Waals surface area contributed by atoms with Gasteiger partial charge < -0.3 is 0 Å². The van der Waals surface area contributed by atoms with E-state index in [0.717, 1.165) is 0 Å². The molecule has 1 heterocycles. The highest BCUT2D eigenvalue weighted by atomic mass is 32.2. The zero-order chi connectivity index (χ0) is 11.7. The van der Waals surface area contributed by atoms with Crippen LogP contribution in [0.25, 0.3) is 10.8 Å². The number of fused-ring (bicyclic) bond motifs is 1. The molecule has 0 saturated heterocycles. The quantitative estimate of drug-likeness (QED) is 0.706. The molecule has 0 saturated carbocycles. The van der Waals surface area contributed by atoms with Crippen LogP contribution in [0.1, 0.15) is 5.56 Å². The summed E-state index contributed by atoms with van der Waals surface area (Å²) < 4.78 is 0. The smallest absolute Gasteiger partial charge is 0.256 e. The fourth-order valence-corrected chi connectivity index (χ4v) is 3.30. The maximum absolute atomic E-state index is 11.1. The number of nitrogens with zero attached hydrogens (tertiary/aromatic N) is 1. The van der Waals surface area contributed by atoms with Gasteiger partial charge in [0.1, 0.15) is 0 Å². The molecular formula is C14H11NOS. The fraction of sp³-hybridized carbons (Fsp3) is 0.0714. The van der Waals surface area contributed by atoms with Crippen molar-refractivity contribution in [1.82, 2.24) is 0 Å². The molecule has 1 unspecified atom stereocenters. The van der Waals surface area contributed by atoms with Gasteiger partial charge >= 0.3 is 0 Å². The van der Waals surface area contributed by atoms with Crippen LogP contribution in [-0.2, 0) is 4.79 Å². The highest BCUT2D eigenvalue weighted by Gasteiger charge is 2.08. The van der Waals surface area contributed by atoms with Crippen LogP contribution in [0.15, 0.2) is 47.5 Å². The summed E-state index contributed by atoms with van der Waals surface area (Å²) >= 11 is 0. The monoisotopic (exact) mass is 241 g/mol. The number of carbonyl (C=O) groups is 1. The van der Waals surface area contributed by atoms with Crippen LogP contribution in [0, 0.1) is 0 Å². The van der Waals surface area contributed by atoms with Crippen molar-refractivity contribution in [3.8, 4) is 0 Å². The summed E-state index contributed by atoms with van der Waals surface area (Å²) in [7, 11) is -0.131. The van der Waals surface area contributed by atoms with Gasteiger partial charge in [-0.3, -0.25) is 4.79 Å². The van der Waals surface area contributed by atoms with Crippen molar-refractivity contribution in [2.75, 3.05) is 5.75 Å². The van der Waals surface area contributed by atoms with Crippen molar-refractivity contribution < 1.29 is 4.79 Å². The van der Waals surface area contributed by atoms with Gasteiger partial charge in [-0.15, -0.1) is 10.5 Å². The number of hydrogen-bond acceptors (Lipinski definition) is 1. The molecular weight excluding hydrogens is 230 g/mol. The molecule has 0 radical (unpaired) electrons. The molecule has 1 aliphatic rings. The topological polar surface area (TPSA) is 29.4 Å². The predicted molar refractivity (Wildman–Crippen MR) is 75.1 cm³/mol. The van der Waals surface area contributed by atoms with Gasteiger partial charge in [0.15, 0.2) is 0 Å². The summed E-state index contributed by atoms with van der Waals surface area (Å²) in [6, 6.07) is 14.5. The molecule has 2 aromatic carbocycles. The van der Waals surface area contributed by atoms with Crippen molar-refractivity contribution in [1.29, 1.82) is 0 Å². The van der Waals surface area contributed by atoms with Crippen molar-refractivity contribution in [2.24, 2.45) is 4.99 Å². The summed E-state index contributed by atoms with van der Waals surface area (Å²) in [6.07, 6.45) is 0. The Labute approximate surface area is 102 Å². The lowest BCUT2D eigenvalue weighted by molar-refractivity contribution is -0.115. The van der Waals surface area contributed by atoms with E-state index >= 15 is 0 Å². The average molecular weight is 241 g/mol. The van der Waals surface area contributed by atoms with Gasteiger partial charge in [0.25, 0.3) is 5.91 Å². The fourth-order valence-electron chi connectivity index (χ4n) is 1.93. The number of benzene rings is 2. The van der Waals surface area contributed by atoms with Crippen molar-refractivity contribution in [3.63, 3.8) is 0 Å². The van der Waals surface area contributed by atoms with Crippen molar-refractivity contribution in [3.05, 3.63) is 48.0 Å². The zero-order valence-corrected chi connectivity index (χ0v) is 9.98. The third-order valence-electron chi connectivity index (χ3n) is 2.72. The standard InChI is InChI=1S/C14H11NOS/c16-14-9-17(10-15-14)8-12-6-3-5-11-4-1-2-7-13(11)12/h1-8,10H,9H2. The maximum Gasteiger partial charge on any atom is 0.256 e. The number of amides is 1. The van der Waals surface area contributed by atoms with Crippen LogP contribution in [0.4, 0.5) is 0 Å². The highest BCUT2D eigenvalue weighted by molar-refractivity contribution is 8.27. The van der Waals surface area contributed by atoms with E-state index in [1.807, 2.05) is 18.2 Å². The van der Waals surface area contributed by atoms with E-state index in [1.54, 1.807) is 5.55 Å². The Bertz CT molecular complexity index is 653. The molecule has 17 heavy (non-hydrogen) atoms. The Morgan fingerprint density at radius 2 is 1.94 bits per heavy atom. The van der Waals surface area contributed by atoms with Crippen LogP contribution < -0.4 is 0 Å². The number of carbonyl (C=O) groups excluding carboxylic acids is 1. The molecule has 1 atom stereocenters. The van der Waals surface area contributed by atoms with Gasteiger partial charge in [-0.05, 0) is 21.7 Å². The SMILES string of the molecule is O=C1CS(=Cc2cccc3ccccc23)C=N1. The first kappa shape index (κ1) is 10.4. The van der Waals surface area contributed by atoms with E-state index in [-0.39, 0.29) is 16.4 Å². The van der Waals surface area contributed by atoms with Gasteiger partial charge in [0.2, 0.25) is 0 Å². The Morgan fingerprint density at radius 3 is 2.76 bits per heavy atom. The Balaban J connectivity index is 2.12. The van der Waals surface area contributed by atoms with E-state index in [4.69, 9.17) is 0 Å². The van der Waals surface area contributed by atoms with Crippen LogP contribution >= 0.6 is 10.5 Å². The molecule has 0 spiro atoms. The first-order chi connectivity index (χ1) is 8.33. The zero-order valence-electron chi connectivity index (χ0n) is 9.17. The molecule has 0 aliphatic carbocycles. The Hall–Kier alpha value is -1.74. The van der Waals surface area contributed by atoms with Crippen molar-refractivity contribution >= 4 is 38.1 Å². The lowest BCUT2D eigenvalue weighted by Gasteiger charge is -2.02. The minimum absolute atomic E-state index is 0.00943. The summed E-state index contributed by atoms with van der Waals surface area (Å²) in [5, 5.41) is 4.61. The summed E-state index contributed by atoms with van der Waals surface area (Å²) in [4.78, 5) is 14.9. The lowest BCUT2D eigenvalue weighted by Crippen LogP contribution is -1.91. The molecule has 3 heteroatoms. The van der Waals surface area contributed by atoms with Gasteiger partial charge in [-0.1, -0.05) is 42.5 Å². The minimum atomic E-state index is -0.131. The number of rotatable bonds is 1. The number of hydrogen-bond donors (Lipinski definition) is 0. The molecule has 2 nitrogen and oxygen atoms in total. The predicted octanol–water partition coefficient (Wildman–Crippen LogP) is 2.83. The normalized spacial score (nSPS) is 19.3. The maximum atomic E-state index is 11.1. The first-order valence-corrected chi connectivity index (χ1v) is 6.93. The molecule has 0 bridgehead atoms. The molecule has 1 aliphatic heterocycles. The molecule has 3 rings (SSSR count). The molecule has 2 aromatic rings. The third kappa shape index (κ3) is 2.06. The molecule has 84 valence electrons. The Morgan fingerprint density at radius 1 is 1.12 bits per heavy atom. The number of aliphatic imine (C=N–C) groups is 1. The summed E-state index contributed by atoms with van der Waals surface area (Å²) in [5.74, 6) is 0.522. The molecule has 0 N–H and O–H groups in total. The second-order valence-electron chi connectivity index (χ2n) is 3.93. The van der Waals surface area contributed by atoms with Crippen LogP contribution in [0.2, 0.25) is 0 Å². The van der Waals surface area contributed by atoms with Crippen LogP contribution in [-0.4, -0.2) is 22.6 Å². The largest absolute Gasteiger partial charge is 0.272 e. The van der Waals surface area contributed by atoms with E-state index < -0.39 is 0 Å². The summed E-state index contributed by atoms with van der Waals surface area (Å²) in [5.41, 5.74) is 2.96. The minimum Gasteiger partial charge on any atom is -0.272 e. The van der Waals surface area contributed by atoms with Gasteiger partial charge in [-0.25, -0.2) is 4.99 Å². The Kier molecular flexibility index (Phi) is 2.61. The molecule has 0 aromatic heterocycles. The first-order valence-electron chi connectivity index (χ1n) is 5.41. The summed E-state index contributed by atoms with van der Waals surface area (Å²) in [6.45, 7) is 0. The second-order valence-corrected chi connectivity index (χ2v) is 5.60. The van der Waals surface area contributed by atoms with E-state index in [1.165, 1.54) is 16.3 Å². The van der Waals surface area contributed by atoms with Gasteiger partial charge in [-0.2, -0.15) is 0 Å². The van der Waals surface area contributed by atoms with E-state index in [9.17, 15) is 4.79 Å².